The van der Waals surface area contributed by atoms with Gasteiger partial charge in [-0.2, -0.15) is 0 Å². The van der Waals surface area contributed by atoms with E-state index in [-0.39, 0.29) is 11.5 Å². The Morgan fingerprint density at radius 1 is 1.38 bits per heavy atom. The minimum atomic E-state index is -3.60. The molecule has 0 unspecified atom stereocenters. The van der Waals surface area contributed by atoms with Gasteiger partial charge in [-0.15, -0.1) is 0 Å². The largest absolute Gasteiger partial charge is 0.392 e. The van der Waals surface area contributed by atoms with E-state index in [4.69, 9.17) is 0 Å². The van der Waals surface area contributed by atoms with Crippen molar-refractivity contribution in [2.75, 3.05) is 20.1 Å². The Morgan fingerprint density at radius 3 is 2.52 bits per heavy atom. The van der Waals surface area contributed by atoms with Crippen LogP contribution in [0.1, 0.15) is 25.0 Å². The first kappa shape index (κ1) is 18.6. The summed E-state index contributed by atoms with van der Waals surface area (Å²) >= 11 is 3.31. The van der Waals surface area contributed by atoms with Gasteiger partial charge in [0.15, 0.2) is 0 Å². The van der Waals surface area contributed by atoms with Crippen molar-refractivity contribution in [3.8, 4) is 0 Å². The molecule has 0 aliphatic heterocycles. The van der Waals surface area contributed by atoms with Gasteiger partial charge in [0.25, 0.3) is 0 Å². The number of benzene rings is 1. The molecule has 0 aromatic heterocycles. The van der Waals surface area contributed by atoms with Gasteiger partial charge in [-0.25, -0.2) is 13.1 Å². The molecule has 7 heteroatoms. The van der Waals surface area contributed by atoms with Crippen LogP contribution in [-0.4, -0.2) is 44.6 Å². The number of hydrogen-bond donors (Lipinski definition) is 2. The molecule has 0 aliphatic rings. The summed E-state index contributed by atoms with van der Waals surface area (Å²) in [4.78, 5) is 2.23. The minimum Gasteiger partial charge on any atom is -0.392 e. The van der Waals surface area contributed by atoms with Crippen molar-refractivity contribution >= 4 is 26.0 Å². The Bertz CT molecular complexity index is 588. The summed E-state index contributed by atoms with van der Waals surface area (Å²) in [6, 6.07) is 3.61. The van der Waals surface area contributed by atoms with Crippen molar-refractivity contribution in [2.24, 2.45) is 0 Å². The number of nitrogens with zero attached hydrogens (tertiary/aromatic N) is 1. The molecule has 0 radical (unpaired) electrons. The third kappa shape index (κ3) is 5.03. The van der Waals surface area contributed by atoms with Crippen molar-refractivity contribution in [2.45, 2.75) is 38.3 Å². The van der Waals surface area contributed by atoms with E-state index in [0.29, 0.717) is 29.2 Å². The molecule has 0 amide bonds. The lowest BCUT2D eigenvalue weighted by molar-refractivity contribution is 0.278. The molecule has 1 aromatic carbocycles. The average Bonchev–Trinajstić information content (AvgIpc) is 2.40. The summed E-state index contributed by atoms with van der Waals surface area (Å²) in [5.41, 5.74) is 1.36. The molecule has 21 heavy (non-hydrogen) atoms. The van der Waals surface area contributed by atoms with Gasteiger partial charge in [0.1, 0.15) is 0 Å². The Balaban J connectivity index is 2.91. The molecule has 0 saturated carbocycles. The standard InChI is InChI=1S/C14H23BrN2O3S/c1-10(2)17(4)6-5-16-21(19,20)13-8-12(9-18)7-11(3)14(13)15/h7-8,10,16,18H,5-6,9H2,1-4H3. The minimum absolute atomic E-state index is 0.166. The smallest absolute Gasteiger partial charge is 0.241 e. The Labute approximate surface area is 135 Å². The molecule has 0 bridgehead atoms. The van der Waals surface area contributed by atoms with Crippen LogP contribution in [0.2, 0.25) is 0 Å². The fourth-order valence-electron chi connectivity index (χ4n) is 1.79. The predicted octanol–water partition coefficient (Wildman–Crippen LogP) is 1.87. The summed E-state index contributed by atoms with van der Waals surface area (Å²) in [5, 5.41) is 9.22. The molecule has 1 aromatic rings. The Kier molecular flexibility index (Phi) is 6.80. The van der Waals surface area contributed by atoms with E-state index in [0.717, 1.165) is 5.56 Å². The predicted molar refractivity (Wildman–Crippen MR) is 87.8 cm³/mol. The van der Waals surface area contributed by atoms with E-state index in [2.05, 4.69) is 39.4 Å². The maximum absolute atomic E-state index is 12.4. The van der Waals surface area contributed by atoms with E-state index in [1.807, 2.05) is 7.05 Å². The van der Waals surface area contributed by atoms with Gasteiger partial charge in [0.2, 0.25) is 10.0 Å². The van der Waals surface area contributed by atoms with Crippen molar-refractivity contribution in [1.29, 1.82) is 0 Å². The van der Waals surface area contributed by atoms with Crippen LogP contribution in [-0.2, 0) is 16.6 Å². The van der Waals surface area contributed by atoms with Gasteiger partial charge in [-0.3, -0.25) is 0 Å². The maximum Gasteiger partial charge on any atom is 0.241 e. The highest BCUT2D eigenvalue weighted by Crippen LogP contribution is 2.27. The molecule has 0 aliphatic carbocycles. The molecule has 0 saturated heterocycles. The van der Waals surface area contributed by atoms with Crippen LogP contribution in [0, 0.1) is 6.92 Å². The normalized spacial score (nSPS) is 12.4. The van der Waals surface area contributed by atoms with Gasteiger partial charge < -0.3 is 10.0 Å². The van der Waals surface area contributed by atoms with Crippen molar-refractivity contribution in [3.63, 3.8) is 0 Å². The van der Waals surface area contributed by atoms with Gasteiger partial charge in [-0.1, -0.05) is 6.07 Å². The molecule has 1 rings (SSSR count). The summed E-state index contributed by atoms with van der Waals surface area (Å²) in [6.07, 6.45) is 0. The number of halogens is 1. The van der Waals surface area contributed by atoms with E-state index in [1.54, 1.807) is 13.0 Å². The average molecular weight is 379 g/mol. The quantitative estimate of drug-likeness (QED) is 0.759. The number of aliphatic hydroxyl groups excluding tert-OH is 1. The van der Waals surface area contributed by atoms with Crippen LogP contribution >= 0.6 is 15.9 Å². The highest BCUT2D eigenvalue weighted by atomic mass is 79.9. The van der Waals surface area contributed by atoms with Crippen LogP contribution in [0.25, 0.3) is 0 Å². The Morgan fingerprint density at radius 2 is 2.00 bits per heavy atom. The second kappa shape index (κ2) is 7.69. The number of rotatable bonds is 7. The van der Waals surface area contributed by atoms with Gasteiger partial charge in [-0.05, 0) is 60.9 Å². The first-order valence-corrected chi connectivity index (χ1v) is 9.06. The number of likely N-dealkylation sites (N-methyl/N-ethyl adjacent to an activating group) is 1. The van der Waals surface area contributed by atoms with Gasteiger partial charge in [0, 0.05) is 23.6 Å². The molecule has 0 heterocycles. The molecule has 2 N–H and O–H groups in total. The highest BCUT2D eigenvalue weighted by molar-refractivity contribution is 9.10. The monoisotopic (exact) mass is 378 g/mol. The van der Waals surface area contributed by atoms with E-state index < -0.39 is 10.0 Å². The molecule has 120 valence electrons. The zero-order chi connectivity index (χ0) is 16.2. The summed E-state index contributed by atoms with van der Waals surface area (Å²) < 4.78 is 27.9. The molecular formula is C14H23BrN2O3S. The molecule has 0 atom stereocenters. The molecule has 5 nitrogen and oxygen atoms in total. The molecule has 0 fully saturated rings. The fourth-order valence-corrected chi connectivity index (χ4v) is 3.88. The van der Waals surface area contributed by atoms with Crippen LogP contribution in [0.5, 0.6) is 0 Å². The van der Waals surface area contributed by atoms with Crippen LogP contribution in [0.15, 0.2) is 21.5 Å². The van der Waals surface area contributed by atoms with Gasteiger partial charge >= 0.3 is 0 Å². The van der Waals surface area contributed by atoms with Crippen LogP contribution in [0.3, 0.4) is 0 Å². The highest BCUT2D eigenvalue weighted by Gasteiger charge is 2.19. The number of nitrogens with one attached hydrogen (secondary N) is 1. The van der Waals surface area contributed by atoms with Crippen molar-refractivity contribution < 1.29 is 13.5 Å². The third-order valence-corrected chi connectivity index (χ3v) is 6.19. The molecular weight excluding hydrogens is 356 g/mol. The summed E-state index contributed by atoms with van der Waals surface area (Å²) in [5.74, 6) is 0. The van der Waals surface area contributed by atoms with E-state index >= 15 is 0 Å². The zero-order valence-electron chi connectivity index (χ0n) is 12.9. The molecule has 0 spiro atoms. The number of hydrogen-bond acceptors (Lipinski definition) is 4. The lowest BCUT2D eigenvalue weighted by Gasteiger charge is -2.21. The first-order chi connectivity index (χ1) is 9.69. The number of aliphatic hydroxyl groups is 1. The van der Waals surface area contributed by atoms with E-state index in [1.165, 1.54) is 6.07 Å². The number of aryl methyl sites for hydroxylation is 1. The second-order valence-corrected chi connectivity index (χ2v) is 7.88. The zero-order valence-corrected chi connectivity index (χ0v) is 15.3. The van der Waals surface area contributed by atoms with E-state index in [9.17, 15) is 13.5 Å². The third-order valence-electron chi connectivity index (χ3n) is 3.39. The maximum atomic E-state index is 12.4. The van der Waals surface area contributed by atoms with Crippen LogP contribution in [0.4, 0.5) is 0 Å². The summed E-state index contributed by atoms with van der Waals surface area (Å²) in [6.45, 7) is 6.69. The topological polar surface area (TPSA) is 69.6 Å². The lowest BCUT2D eigenvalue weighted by atomic mass is 10.1. The Hall–Kier alpha value is -0.470. The lowest BCUT2D eigenvalue weighted by Crippen LogP contribution is -2.36. The van der Waals surface area contributed by atoms with Crippen molar-refractivity contribution in [1.82, 2.24) is 9.62 Å². The fraction of sp³-hybridized carbons (Fsp3) is 0.571. The first-order valence-electron chi connectivity index (χ1n) is 6.78. The van der Waals surface area contributed by atoms with Gasteiger partial charge in [0.05, 0.1) is 11.5 Å². The van der Waals surface area contributed by atoms with Crippen LogP contribution < -0.4 is 4.72 Å². The number of sulfonamides is 1. The SMILES string of the molecule is Cc1cc(CO)cc(S(=O)(=O)NCCN(C)C(C)C)c1Br. The van der Waals surface area contributed by atoms with Crippen molar-refractivity contribution in [3.05, 3.63) is 27.7 Å². The second-order valence-electron chi connectivity index (χ2n) is 5.36. The summed E-state index contributed by atoms with van der Waals surface area (Å²) in [7, 11) is -1.65.